The number of nitrogens with two attached hydrogens (primary N) is 1. The van der Waals surface area contributed by atoms with Crippen LogP contribution in [0.4, 0.5) is 10.2 Å². The molecule has 0 unspecified atom stereocenters. The third-order valence-corrected chi connectivity index (χ3v) is 6.49. The summed E-state index contributed by atoms with van der Waals surface area (Å²) in [6, 6.07) is 2.58. The summed E-state index contributed by atoms with van der Waals surface area (Å²) in [5.74, 6) is -2.63. The number of nitrogens with one attached hydrogen (secondary N) is 1. The van der Waals surface area contributed by atoms with E-state index in [-0.39, 0.29) is 18.7 Å². The van der Waals surface area contributed by atoms with Crippen LogP contribution in [0.2, 0.25) is 0 Å². The molecule has 1 aliphatic rings. The van der Waals surface area contributed by atoms with Gasteiger partial charge >= 0.3 is 17.9 Å². The van der Waals surface area contributed by atoms with E-state index in [0.29, 0.717) is 11.2 Å². The van der Waals surface area contributed by atoms with Crippen molar-refractivity contribution in [2.75, 3.05) is 25.7 Å². The number of carbonyl (C=O) groups excluding carboxylic acids is 3. The number of ether oxygens (including phenoxy) is 5. The highest BCUT2D eigenvalue weighted by Gasteiger charge is 2.61. The first-order valence-corrected chi connectivity index (χ1v) is 13.6. The van der Waals surface area contributed by atoms with Crippen LogP contribution < -0.4 is 11.1 Å². The molecule has 0 amide bonds. The quantitative estimate of drug-likeness (QED) is 0.153. The van der Waals surface area contributed by atoms with Crippen molar-refractivity contribution in [1.82, 2.24) is 19.9 Å². The van der Waals surface area contributed by atoms with Gasteiger partial charge in [0.25, 0.3) is 0 Å². The summed E-state index contributed by atoms with van der Waals surface area (Å²) in [6.45, 7) is 9.86. The first kappa shape index (κ1) is 32.2. The van der Waals surface area contributed by atoms with Crippen LogP contribution in [0.1, 0.15) is 60.3 Å². The topological polar surface area (TPSA) is 166 Å². The maximum absolute atomic E-state index is 15.1. The summed E-state index contributed by atoms with van der Waals surface area (Å²) < 4.78 is 45.3. The van der Waals surface area contributed by atoms with E-state index in [0.717, 1.165) is 0 Å². The molecule has 228 valence electrons. The number of esters is 3. The number of halogens is 1. The molecule has 2 aromatic heterocycles. The zero-order valence-electron chi connectivity index (χ0n) is 24.5. The lowest BCUT2D eigenvalue weighted by molar-refractivity contribution is -0.182. The van der Waals surface area contributed by atoms with Crippen molar-refractivity contribution < 1.29 is 42.5 Å². The Morgan fingerprint density at radius 3 is 2.34 bits per heavy atom. The minimum absolute atomic E-state index is 0.177. The van der Waals surface area contributed by atoms with Crippen molar-refractivity contribution in [3.63, 3.8) is 0 Å². The van der Waals surface area contributed by atoms with E-state index in [1.807, 2.05) is 0 Å². The molecule has 13 nitrogen and oxygen atoms in total. The van der Waals surface area contributed by atoms with Crippen LogP contribution in [0.15, 0.2) is 18.5 Å². The number of alkyl halides is 1. The molecule has 3 N–H and O–H groups in total. The van der Waals surface area contributed by atoms with Crippen molar-refractivity contribution in [3.8, 4) is 0 Å². The summed E-state index contributed by atoms with van der Waals surface area (Å²) in [5.41, 5.74) is 4.95. The van der Waals surface area contributed by atoms with Crippen LogP contribution in [-0.4, -0.2) is 82.5 Å². The molecule has 3 rings (SSSR count). The molecular weight excluding hydrogens is 541 g/mol. The Kier molecular flexibility index (Phi) is 10.6. The fourth-order valence-electron chi connectivity index (χ4n) is 4.18. The molecule has 41 heavy (non-hydrogen) atoms. The van der Waals surface area contributed by atoms with Gasteiger partial charge in [-0.05, 0) is 32.9 Å². The normalized spacial score (nSPS) is 23.3. The monoisotopic (exact) mass is 581 g/mol. The number of hydrogen-bond acceptors (Lipinski definition) is 12. The van der Waals surface area contributed by atoms with Gasteiger partial charge in [0.05, 0.1) is 37.0 Å². The summed E-state index contributed by atoms with van der Waals surface area (Å²) >= 11 is 0. The van der Waals surface area contributed by atoms with Gasteiger partial charge in [-0.2, -0.15) is 5.10 Å². The maximum Gasteiger partial charge on any atom is 0.323 e. The first-order chi connectivity index (χ1) is 19.3. The Balaban J connectivity index is 1.96. The highest BCUT2D eigenvalue weighted by atomic mass is 19.1. The maximum atomic E-state index is 15.1. The van der Waals surface area contributed by atoms with E-state index >= 15 is 4.39 Å². The summed E-state index contributed by atoms with van der Waals surface area (Å²) in [6.07, 6.45) is -2.81. The van der Waals surface area contributed by atoms with E-state index in [1.165, 1.54) is 10.8 Å². The Hall–Kier alpha value is -3.36. The largest absolute Gasteiger partial charge is 0.462 e. The van der Waals surface area contributed by atoms with Crippen molar-refractivity contribution in [2.24, 2.45) is 11.8 Å². The molecule has 2 aromatic rings. The number of hydrogen-bond donors (Lipinski definition) is 2. The van der Waals surface area contributed by atoms with Crippen LogP contribution in [0.3, 0.4) is 0 Å². The predicted molar refractivity (Wildman–Crippen MR) is 144 cm³/mol. The minimum atomic E-state index is -1.87. The van der Waals surface area contributed by atoms with Crippen LogP contribution in [0, 0.1) is 11.8 Å². The van der Waals surface area contributed by atoms with Crippen molar-refractivity contribution in [1.29, 1.82) is 0 Å². The lowest BCUT2D eigenvalue weighted by atomic mass is 9.95. The number of aromatic nitrogens is 3. The van der Waals surface area contributed by atoms with Crippen molar-refractivity contribution in [2.45, 2.75) is 84.5 Å². The fourth-order valence-corrected chi connectivity index (χ4v) is 4.18. The number of anilines is 1. The molecular formula is C27H40FN5O8. The van der Waals surface area contributed by atoms with Crippen LogP contribution in [0.25, 0.3) is 5.52 Å². The molecule has 0 spiro atoms. The number of nitrogens with zero attached hydrogens (tertiary/aromatic N) is 3. The molecule has 1 saturated heterocycles. The van der Waals surface area contributed by atoms with Crippen molar-refractivity contribution >= 4 is 29.2 Å². The summed E-state index contributed by atoms with van der Waals surface area (Å²) in [4.78, 5) is 41.7. The first-order valence-electron chi connectivity index (χ1n) is 13.6. The highest BCUT2D eigenvalue weighted by Crippen LogP contribution is 2.45. The number of nitrogen functional groups attached to an aromatic ring is 1. The van der Waals surface area contributed by atoms with E-state index in [2.05, 4.69) is 15.4 Å². The molecule has 1 fully saturated rings. The standard InChI is InChI=1S/C27H40FN5O8/c1-14(2)24(34)39-21-20(18-8-9-19-23(29)30-12-32-33(18)19)41-27(10-28,22(21)40-25(35)15(3)4)11-37-13-31-17(7)26(36)38-16(5)6/h8-9,12,14-17,20-22,31H,10-11,13H2,1-7H3,(H2,29,30,32)/t17-,20-,21-,22-,27+/m0/s1. The van der Waals surface area contributed by atoms with Gasteiger partial charge in [-0.1, -0.05) is 27.7 Å². The average molecular weight is 582 g/mol. The van der Waals surface area contributed by atoms with Crippen LogP contribution in [0.5, 0.6) is 0 Å². The number of carbonyl (C=O) groups is 3. The SMILES string of the molecule is CC(C)OC(=O)[C@H](C)NCOC[C@@]1(CF)O[C@@H](c2ccc3c(N)ncnn23)[C@H](OC(=O)C(C)C)[C@@H]1OC(=O)C(C)C. The predicted octanol–water partition coefficient (Wildman–Crippen LogP) is 2.13. The molecule has 0 saturated carbocycles. The van der Waals surface area contributed by atoms with Crippen LogP contribution >= 0.6 is 0 Å². The van der Waals surface area contributed by atoms with Crippen LogP contribution in [-0.2, 0) is 38.1 Å². The Morgan fingerprint density at radius 1 is 1.07 bits per heavy atom. The van der Waals surface area contributed by atoms with Gasteiger partial charge in [0.2, 0.25) is 0 Å². The molecule has 0 aromatic carbocycles. The van der Waals surface area contributed by atoms with Gasteiger partial charge in [-0.25, -0.2) is 13.9 Å². The fraction of sp³-hybridized carbons (Fsp3) is 0.667. The van der Waals surface area contributed by atoms with Gasteiger partial charge in [0, 0.05) is 0 Å². The van der Waals surface area contributed by atoms with Gasteiger partial charge in [-0.3, -0.25) is 19.7 Å². The Labute approximate surface area is 238 Å². The Bertz CT molecular complexity index is 1220. The lowest BCUT2D eigenvalue weighted by Gasteiger charge is -2.32. The minimum Gasteiger partial charge on any atom is -0.462 e. The average Bonchev–Trinajstić information content (AvgIpc) is 3.46. The molecule has 5 atom stereocenters. The van der Waals surface area contributed by atoms with E-state index in [9.17, 15) is 14.4 Å². The van der Waals surface area contributed by atoms with Gasteiger partial charge in [0.1, 0.15) is 30.7 Å². The molecule has 0 bridgehead atoms. The van der Waals surface area contributed by atoms with Gasteiger partial charge < -0.3 is 29.4 Å². The van der Waals surface area contributed by atoms with E-state index in [4.69, 9.17) is 29.4 Å². The molecule has 0 radical (unpaired) electrons. The van der Waals surface area contributed by atoms with Crippen molar-refractivity contribution in [3.05, 3.63) is 24.2 Å². The summed E-state index contributed by atoms with van der Waals surface area (Å²) in [7, 11) is 0. The van der Waals surface area contributed by atoms with E-state index < -0.39 is 73.0 Å². The second-order valence-corrected chi connectivity index (χ2v) is 10.9. The molecule has 3 heterocycles. The molecule has 0 aliphatic carbocycles. The second kappa shape index (κ2) is 13.5. The second-order valence-electron chi connectivity index (χ2n) is 10.9. The molecule has 1 aliphatic heterocycles. The third-order valence-electron chi connectivity index (χ3n) is 6.49. The third kappa shape index (κ3) is 7.29. The number of fused-ring (bicyclic) bond motifs is 1. The highest BCUT2D eigenvalue weighted by molar-refractivity contribution is 5.75. The smallest absolute Gasteiger partial charge is 0.323 e. The van der Waals surface area contributed by atoms with Gasteiger partial charge in [0.15, 0.2) is 23.6 Å². The molecule has 14 heteroatoms. The summed E-state index contributed by atoms with van der Waals surface area (Å²) in [5, 5.41) is 7.08. The Morgan fingerprint density at radius 2 is 1.73 bits per heavy atom. The van der Waals surface area contributed by atoms with E-state index in [1.54, 1.807) is 60.6 Å². The zero-order chi connectivity index (χ0) is 30.5. The zero-order valence-corrected chi connectivity index (χ0v) is 24.5. The van der Waals surface area contributed by atoms with Gasteiger partial charge in [-0.15, -0.1) is 0 Å². The lowest BCUT2D eigenvalue weighted by Crippen LogP contribution is -2.53. The number of rotatable bonds is 13.